The minimum atomic E-state index is -0.801. The van der Waals surface area contributed by atoms with Crippen molar-refractivity contribution >= 4 is 16.5 Å². The van der Waals surface area contributed by atoms with Gasteiger partial charge < -0.3 is 5.32 Å². The van der Waals surface area contributed by atoms with Crippen molar-refractivity contribution in [2.75, 3.05) is 11.6 Å². The van der Waals surface area contributed by atoms with Gasteiger partial charge in [-0.25, -0.2) is 0 Å². The molecule has 1 fully saturated rings. The zero-order chi connectivity index (χ0) is 16.9. The summed E-state index contributed by atoms with van der Waals surface area (Å²) in [6.07, 6.45) is 8.45. The topological polar surface area (TPSA) is 42.0 Å². The third kappa shape index (κ3) is 4.44. The van der Waals surface area contributed by atoms with Gasteiger partial charge >= 0.3 is 0 Å². The van der Waals surface area contributed by atoms with E-state index in [1.807, 2.05) is 24.4 Å². The van der Waals surface area contributed by atoms with Gasteiger partial charge in [0.1, 0.15) is 0 Å². The average Bonchev–Trinajstić information content (AvgIpc) is 2.55. The van der Waals surface area contributed by atoms with Gasteiger partial charge in [-0.15, -0.1) is 0 Å². The highest BCUT2D eigenvalue weighted by atomic mass is 32.2. The molecule has 0 amide bonds. The van der Waals surface area contributed by atoms with Crippen LogP contribution in [0.2, 0.25) is 0 Å². The number of nitrogens with one attached hydrogen (secondary N) is 1. The maximum Gasteiger partial charge on any atom is 0.0483 e. The SMILES string of the molecule is Cc1cccnc1[C@@H]1CCC[C@H](Nc2cccc(C[S@](C)=O)c2)C1. The zero-order valence-corrected chi connectivity index (χ0v) is 15.3. The maximum atomic E-state index is 11.4. The van der Waals surface area contributed by atoms with E-state index in [1.165, 1.54) is 30.5 Å². The van der Waals surface area contributed by atoms with Crippen LogP contribution in [0.3, 0.4) is 0 Å². The summed E-state index contributed by atoms with van der Waals surface area (Å²) in [4.78, 5) is 4.63. The van der Waals surface area contributed by atoms with Gasteiger partial charge in [0.15, 0.2) is 0 Å². The fourth-order valence-electron chi connectivity index (χ4n) is 3.72. The largest absolute Gasteiger partial charge is 0.382 e. The molecule has 1 saturated carbocycles. The van der Waals surface area contributed by atoms with Crippen molar-refractivity contribution in [1.82, 2.24) is 4.98 Å². The highest BCUT2D eigenvalue weighted by Gasteiger charge is 2.25. The summed E-state index contributed by atoms with van der Waals surface area (Å²) in [5.41, 5.74) is 4.84. The Balaban J connectivity index is 1.67. The van der Waals surface area contributed by atoms with Gasteiger partial charge in [0.25, 0.3) is 0 Å². The Morgan fingerprint density at radius 1 is 1.25 bits per heavy atom. The minimum Gasteiger partial charge on any atom is -0.382 e. The summed E-state index contributed by atoms with van der Waals surface area (Å²) in [5, 5.41) is 3.69. The lowest BCUT2D eigenvalue weighted by Gasteiger charge is -2.31. The second-order valence-electron chi connectivity index (χ2n) is 6.83. The number of nitrogens with zero attached hydrogens (tertiary/aromatic N) is 1. The first kappa shape index (κ1) is 17.2. The van der Waals surface area contributed by atoms with Crippen LogP contribution in [0, 0.1) is 6.92 Å². The molecule has 3 rings (SSSR count). The van der Waals surface area contributed by atoms with E-state index in [0.717, 1.165) is 17.7 Å². The summed E-state index contributed by atoms with van der Waals surface area (Å²) in [7, 11) is -0.801. The van der Waals surface area contributed by atoms with Crippen LogP contribution in [0.1, 0.15) is 48.4 Å². The van der Waals surface area contributed by atoms with Crippen LogP contribution in [0.15, 0.2) is 42.6 Å². The van der Waals surface area contributed by atoms with Crippen LogP contribution in [0.25, 0.3) is 0 Å². The molecule has 0 unspecified atom stereocenters. The maximum absolute atomic E-state index is 11.4. The first-order valence-electron chi connectivity index (χ1n) is 8.69. The Morgan fingerprint density at radius 3 is 2.92 bits per heavy atom. The Morgan fingerprint density at radius 2 is 2.12 bits per heavy atom. The summed E-state index contributed by atoms with van der Waals surface area (Å²) in [6, 6.07) is 13.0. The second kappa shape index (κ2) is 7.93. The summed E-state index contributed by atoms with van der Waals surface area (Å²) in [6.45, 7) is 2.16. The molecule has 1 aliphatic carbocycles. The fraction of sp³-hybridized carbons (Fsp3) is 0.450. The predicted octanol–water partition coefficient (Wildman–Crippen LogP) is 4.41. The highest BCUT2D eigenvalue weighted by molar-refractivity contribution is 7.83. The van der Waals surface area contributed by atoms with Crippen molar-refractivity contribution in [1.29, 1.82) is 0 Å². The monoisotopic (exact) mass is 342 g/mol. The molecule has 1 N–H and O–H groups in total. The normalized spacial score (nSPS) is 22.1. The van der Waals surface area contributed by atoms with Gasteiger partial charge in [-0.2, -0.15) is 0 Å². The third-order valence-corrected chi connectivity index (χ3v) is 5.52. The molecule has 1 aliphatic rings. The molecule has 0 spiro atoms. The van der Waals surface area contributed by atoms with E-state index in [0.29, 0.717) is 17.7 Å². The lowest BCUT2D eigenvalue weighted by atomic mass is 9.82. The van der Waals surface area contributed by atoms with E-state index in [-0.39, 0.29) is 0 Å². The standard InChI is InChI=1S/C20H26N2OS/c1-15-6-5-11-21-20(15)17-8-4-10-19(13-17)22-18-9-3-7-16(12-18)14-24(2)23/h3,5-7,9,11-12,17,19,22H,4,8,10,13-14H2,1-2H3/t17-,19+,24+/m1/s1. The Labute approximate surface area is 147 Å². The average molecular weight is 343 g/mol. The van der Waals surface area contributed by atoms with E-state index in [1.54, 1.807) is 6.26 Å². The Bertz CT molecular complexity index is 716. The van der Waals surface area contributed by atoms with Crippen LogP contribution in [0.5, 0.6) is 0 Å². The molecule has 4 heteroatoms. The highest BCUT2D eigenvalue weighted by Crippen LogP contribution is 2.34. The van der Waals surface area contributed by atoms with Crippen molar-refractivity contribution in [3.05, 3.63) is 59.4 Å². The second-order valence-corrected chi connectivity index (χ2v) is 8.26. The first-order chi connectivity index (χ1) is 11.6. The molecule has 0 bridgehead atoms. The number of rotatable bonds is 5. The van der Waals surface area contributed by atoms with Gasteiger partial charge in [0.2, 0.25) is 0 Å². The number of aryl methyl sites for hydroxylation is 1. The van der Waals surface area contributed by atoms with Crippen molar-refractivity contribution in [3.63, 3.8) is 0 Å². The van der Waals surface area contributed by atoms with Crippen LogP contribution >= 0.6 is 0 Å². The van der Waals surface area contributed by atoms with Crippen molar-refractivity contribution in [2.24, 2.45) is 0 Å². The molecule has 0 radical (unpaired) electrons. The molecule has 3 atom stereocenters. The van der Waals surface area contributed by atoms with Gasteiger partial charge in [0.05, 0.1) is 0 Å². The molecule has 1 heterocycles. The molecule has 1 aromatic heterocycles. The predicted molar refractivity (Wildman–Crippen MR) is 102 cm³/mol. The third-order valence-electron chi connectivity index (χ3n) is 4.78. The van der Waals surface area contributed by atoms with Crippen LogP contribution in [0.4, 0.5) is 5.69 Å². The van der Waals surface area contributed by atoms with Crippen LogP contribution < -0.4 is 5.32 Å². The van der Waals surface area contributed by atoms with Crippen LogP contribution in [-0.4, -0.2) is 21.5 Å². The van der Waals surface area contributed by atoms with E-state index in [2.05, 4.69) is 35.4 Å². The van der Waals surface area contributed by atoms with E-state index in [4.69, 9.17) is 0 Å². The molecule has 0 aliphatic heterocycles. The molecule has 0 saturated heterocycles. The summed E-state index contributed by atoms with van der Waals surface area (Å²) in [5.74, 6) is 1.17. The molecular formula is C20H26N2OS. The number of benzene rings is 1. The molecule has 2 aromatic rings. The van der Waals surface area contributed by atoms with Crippen molar-refractivity contribution < 1.29 is 4.21 Å². The van der Waals surface area contributed by atoms with Crippen LogP contribution in [-0.2, 0) is 16.6 Å². The quantitative estimate of drug-likeness (QED) is 0.875. The molecular weight excluding hydrogens is 316 g/mol. The fourth-order valence-corrected chi connectivity index (χ4v) is 4.36. The lowest BCUT2D eigenvalue weighted by Crippen LogP contribution is -2.27. The number of anilines is 1. The van der Waals surface area contributed by atoms with Gasteiger partial charge in [-0.1, -0.05) is 24.6 Å². The first-order valence-corrected chi connectivity index (χ1v) is 10.4. The smallest absolute Gasteiger partial charge is 0.0483 e. The van der Waals surface area contributed by atoms with Gasteiger partial charge in [-0.05, 0) is 55.5 Å². The Hall–Kier alpha value is -1.68. The van der Waals surface area contributed by atoms with E-state index >= 15 is 0 Å². The minimum absolute atomic E-state index is 0.479. The summed E-state index contributed by atoms with van der Waals surface area (Å²) < 4.78 is 11.4. The number of pyridine rings is 1. The molecule has 1 aromatic carbocycles. The lowest BCUT2D eigenvalue weighted by molar-refractivity contribution is 0.404. The van der Waals surface area contributed by atoms with Gasteiger partial charge in [-0.3, -0.25) is 9.19 Å². The summed E-state index contributed by atoms with van der Waals surface area (Å²) >= 11 is 0. The number of hydrogen-bond donors (Lipinski definition) is 1. The van der Waals surface area contributed by atoms with Gasteiger partial charge in [0, 0.05) is 52.3 Å². The molecule has 24 heavy (non-hydrogen) atoms. The van der Waals surface area contributed by atoms with Crippen molar-refractivity contribution in [3.8, 4) is 0 Å². The van der Waals surface area contributed by atoms with E-state index < -0.39 is 10.8 Å². The number of aromatic nitrogens is 1. The van der Waals surface area contributed by atoms with Crippen molar-refractivity contribution in [2.45, 2.75) is 50.3 Å². The molecule has 128 valence electrons. The molecule has 3 nitrogen and oxygen atoms in total. The van der Waals surface area contributed by atoms with E-state index in [9.17, 15) is 4.21 Å². The Kier molecular flexibility index (Phi) is 5.67. The zero-order valence-electron chi connectivity index (χ0n) is 14.5. The number of hydrogen-bond acceptors (Lipinski definition) is 3.